The molecule has 0 bridgehead atoms. The zero-order chi connectivity index (χ0) is 13.7. The van der Waals surface area contributed by atoms with Gasteiger partial charge < -0.3 is 10.5 Å². The van der Waals surface area contributed by atoms with Crippen LogP contribution in [0.2, 0.25) is 0 Å². The van der Waals surface area contributed by atoms with Crippen LogP contribution in [0.3, 0.4) is 0 Å². The first-order valence-corrected chi connectivity index (χ1v) is 7.86. The molecule has 0 spiro atoms. The molecule has 0 radical (unpaired) electrons. The maximum Gasteiger partial charge on any atom is 0.0702 e. The van der Waals surface area contributed by atoms with Crippen molar-refractivity contribution in [1.82, 2.24) is 4.90 Å². The molecule has 3 nitrogen and oxygen atoms in total. The molecule has 1 fully saturated rings. The summed E-state index contributed by atoms with van der Waals surface area (Å²) < 4.78 is 6.86. The van der Waals surface area contributed by atoms with Gasteiger partial charge in [0, 0.05) is 29.9 Å². The summed E-state index contributed by atoms with van der Waals surface area (Å²) >= 11 is 3.49. The average Bonchev–Trinajstić information content (AvgIpc) is 2.41. The fourth-order valence-corrected chi connectivity index (χ4v) is 2.93. The molecular weight excluding hydrogens is 304 g/mol. The van der Waals surface area contributed by atoms with E-state index in [2.05, 4.69) is 39.9 Å². The first-order valence-electron chi connectivity index (χ1n) is 7.07. The van der Waals surface area contributed by atoms with Crippen LogP contribution in [0, 0.1) is 0 Å². The summed E-state index contributed by atoms with van der Waals surface area (Å²) in [5.41, 5.74) is 7.92. The van der Waals surface area contributed by atoms with E-state index < -0.39 is 0 Å². The van der Waals surface area contributed by atoms with Gasteiger partial charge in [0.05, 0.1) is 6.10 Å². The van der Waals surface area contributed by atoms with Gasteiger partial charge >= 0.3 is 0 Å². The summed E-state index contributed by atoms with van der Waals surface area (Å²) in [5.74, 6) is 0. The second-order valence-electron chi connectivity index (χ2n) is 5.23. The van der Waals surface area contributed by atoms with Crippen molar-refractivity contribution < 1.29 is 4.74 Å². The molecule has 0 saturated carbocycles. The van der Waals surface area contributed by atoms with Crippen LogP contribution in [0.15, 0.2) is 22.7 Å². The number of piperidine rings is 1. The Kier molecular flexibility index (Phi) is 5.67. The summed E-state index contributed by atoms with van der Waals surface area (Å²) in [4.78, 5) is 2.47. The van der Waals surface area contributed by atoms with Gasteiger partial charge in [0.2, 0.25) is 0 Å². The van der Waals surface area contributed by atoms with Gasteiger partial charge in [-0.1, -0.05) is 13.0 Å². The highest BCUT2D eigenvalue weighted by Gasteiger charge is 2.20. The minimum Gasteiger partial charge on any atom is -0.398 e. The number of ether oxygens (including phenoxy) is 1. The van der Waals surface area contributed by atoms with Crippen LogP contribution in [0.25, 0.3) is 0 Å². The van der Waals surface area contributed by atoms with Crippen LogP contribution in [-0.2, 0) is 11.3 Å². The Morgan fingerprint density at radius 1 is 1.47 bits per heavy atom. The zero-order valence-corrected chi connectivity index (χ0v) is 13.2. The lowest BCUT2D eigenvalue weighted by Crippen LogP contribution is -2.39. The van der Waals surface area contributed by atoms with Crippen molar-refractivity contribution in [2.75, 3.05) is 25.4 Å². The summed E-state index contributed by atoms with van der Waals surface area (Å²) in [6.07, 6.45) is 3.93. The fraction of sp³-hybridized carbons (Fsp3) is 0.600. The van der Waals surface area contributed by atoms with E-state index >= 15 is 0 Å². The summed E-state index contributed by atoms with van der Waals surface area (Å²) in [6.45, 7) is 6.22. The Balaban J connectivity index is 1.89. The second-order valence-corrected chi connectivity index (χ2v) is 6.08. The number of nitrogens with zero attached hydrogens (tertiary/aromatic N) is 1. The Morgan fingerprint density at radius 2 is 2.32 bits per heavy atom. The molecule has 1 aliphatic rings. The molecule has 1 aromatic carbocycles. The number of nitrogens with two attached hydrogens (primary N) is 1. The molecule has 1 saturated heterocycles. The number of anilines is 1. The van der Waals surface area contributed by atoms with Gasteiger partial charge in [0.1, 0.15) is 0 Å². The SMILES string of the molecule is CCCOC1CCCN(Cc2ccc(N)c(Br)c2)C1. The van der Waals surface area contributed by atoms with E-state index in [0.29, 0.717) is 6.10 Å². The van der Waals surface area contributed by atoms with Gasteiger partial charge in [-0.05, 0) is 59.4 Å². The number of hydrogen-bond acceptors (Lipinski definition) is 3. The third-order valence-electron chi connectivity index (χ3n) is 3.49. The molecule has 1 aliphatic heterocycles. The highest BCUT2D eigenvalue weighted by atomic mass is 79.9. The van der Waals surface area contributed by atoms with Crippen molar-refractivity contribution in [2.45, 2.75) is 38.8 Å². The van der Waals surface area contributed by atoms with Gasteiger partial charge in [-0.25, -0.2) is 0 Å². The smallest absolute Gasteiger partial charge is 0.0702 e. The molecule has 0 aromatic heterocycles. The monoisotopic (exact) mass is 326 g/mol. The van der Waals surface area contributed by atoms with Crippen LogP contribution < -0.4 is 5.73 Å². The van der Waals surface area contributed by atoms with Crippen molar-refractivity contribution in [3.05, 3.63) is 28.2 Å². The minimum absolute atomic E-state index is 0.408. The van der Waals surface area contributed by atoms with Crippen LogP contribution >= 0.6 is 15.9 Å². The number of rotatable bonds is 5. The molecule has 2 rings (SSSR count). The topological polar surface area (TPSA) is 38.5 Å². The first kappa shape index (κ1) is 14.8. The lowest BCUT2D eigenvalue weighted by molar-refractivity contribution is -0.00223. The van der Waals surface area contributed by atoms with Gasteiger partial charge in [-0.2, -0.15) is 0 Å². The second kappa shape index (κ2) is 7.27. The maximum atomic E-state index is 5.87. The molecule has 106 valence electrons. The van der Waals surface area contributed by atoms with Gasteiger partial charge in [0.25, 0.3) is 0 Å². The van der Waals surface area contributed by atoms with Crippen LogP contribution in [-0.4, -0.2) is 30.7 Å². The Morgan fingerprint density at radius 3 is 3.05 bits per heavy atom. The summed E-state index contributed by atoms with van der Waals surface area (Å²) in [6, 6.07) is 6.19. The highest BCUT2D eigenvalue weighted by Crippen LogP contribution is 2.22. The average molecular weight is 327 g/mol. The van der Waals surface area contributed by atoms with Crippen LogP contribution in [0.1, 0.15) is 31.7 Å². The third kappa shape index (κ3) is 4.48. The Labute approximate surface area is 124 Å². The Hall–Kier alpha value is -0.580. The lowest BCUT2D eigenvalue weighted by Gasteiger charge is -2.32. The van der Waals surface area contributed by atoms with Gasteiger partial charge in [-0.3, -0.25) is 4.90 Å². The molecule has 2 N–H and O–H groups in total. The molecule has 4 heteroatoms. The number of nitrogen functional groups attached to an aromatic ring is 1. The number of hydrogen-bond donors (Lipinski definition) is 1. The third-order valence-corrected chi connectivity index (χ3v) is 4.18. The molecule has 0 aliphatic carbocycles. The van der Waals surface area contributed by atoms with Crippen molar-refractivity contribution in [2.24, 2.45) is 0 Å². The normalized spacial score (nSPS) is 20.6. The molecule has 1 unspecified atom stereocenters. The molecule has 19 heavy (non-hydrogen) atoms. The standard InChI is InChI=1S/C15H23BrN2O/c1-2-8-19-13-4-3-7-18(11-13)10-12-5-6-15(17)14(16)9-12/h5-6,9,13H,2-4,7-8,10-11,17H2,1H3. The molecule has 1 atom stereocenters. The van der Waals surface area contributed by atoms with Gasteiger partial charge in [0.15, 0.2) is 0 Å². The van der Waals surface area contributed by atoms with Crippen molar-refractivity contribution in [1.29, 1.82) is 0 Å². The van der Waals surface area contributed by atoms with Crippen molar-refractivity contribution in [3.8, 4) is 0 Å². The molecular formula is C15H23BrN2O. The summed E-state index contributed by atoms with van der Waals surface area (Å²) in [7, 11) is 0. The minimum atomic E-state index is 0.408. The largest absolute Gasteiger partial charge is 0.398 e. The number of halogens is 1. The zero-order valence-electron chi connectivity index (χ0n) is 11.6. The van der Waals surface area contributed by atoms with Crippen molar-refractivity contribution >= 4 is 21.6 Å². The fourth-order valence-electron chi connectivity index (χ4n) is 2.50. The van der Waals surface area contributed by atoms with Crippen LogP contribution in [0.4, 0.5) is 5.69 Å². The Bertz CT molecular complexity index is 411. The highest BCUT2D eigenvalue weighted by molar-refractivity contribution is 9.10. The van der Waals surface area contributed by atoms with E-state index in [4.69, 9.17) is 10.5 Å². The molecule has 0 amide bonds. The predicted molar refractivity (Wildman–Crippen MR) is 83.1 cm³/mol. The lowest BCUT2D eigenvalue weighted by atomic mass is 10.1. The quantitative estimate of drug-likeness (QED) is 0.842. The van der Waals surface area contributed by atoms with E-state index in [9.17, 15) is 0 Å². The van der Waals surface area contributed by atoms with Gasteiger partial charge in [-0.15, -0.1) is 0 Å². The number of likely N-dealkylation sites (tertiary alicyclic amines) is 1. The van der Waals surface area contributed by atoms with E-state index in [-0.39, 0.29) is 0 Å². The first-order chi connectivity index (χ1) is 9.19. The van der Waals surface area contributed by atoms with Crippen molar-refractivity contribution in [3.63, 3.8) is 0 Å². The van der Waals surface area contributed by atoms with E-state index in [1.165, 1.54) is 18.4 Å². The van der Waals surface area contributed by atoms with Crippen LogP contribution in [0.5, 0.6) is 0 Å². The van der Waals surface area contributed by atoms with E-state index in [0.717, 1.165) is 42.8 Å². The number of benzene rings is 1. The van der Waals surface area contributed by atoms with E-state index in [1.807, 2.05) is 6.07 Å². The summed E-state index contributed by atoms with van der Waals surface area (Å²) in [5, 5.41) is 0. The maximum absolute atomic E-state index is 5.87. The van der Waals surface area contributed by atoms with E-state index in [1.54, 1.807) is 0 Å². The molecule has 1 heterocycles. The molecule has 1 aromatic rings. The predicted octanol–water partition coefficient (Wildman–Crippen LogP) is 3.42.